The Morgan fingerprint density at radius 3 is 2.73 bits per heavy atom. The highest BCUT2D eigenvalue weighted by molar-refractivity contribution is 7.13. The zero-order valence-corrected chi connectivity index (χ0v) is 17.1. The van der Waals surface area contributed by atoms with E-state index in [0.29, 0.717) is 16.8 Å². The molecule has 0 radical (unpaired) electrons. The van der Waals surface area contributed by atoms with Gasteiger partial charge in [0, 0.05) is 16.5 Å². The van der Waals surface area contributed by atoms with Crippen LogP contribution in [0.4, 0.5) is 4.39 Å². The van der Waals surface area contributed by atoms with Gasteiger partial charge in [-0.05, 0) is 25.5 Å². The molecule has 0 fully saturated rings. The van der Waals surface area contributed by atoms with Gasteiger partial charge in [0.1, 0.15) is 10.8 Å². The first-order valence-corrected chi connectivity index (χ1v) is 10.2. The van der Waals surface area contributed by atoms with Crippen LogP contribution in [0, 0.1) is 12.7 Å². The van der Waals surface area contributed by atoms with Crippen molar-refractivity contribution in [1.82, 2.24) is 15.1 Å². The lowest BCUT2D eigenvalue weighted by atomic mass is 10.1. The Morgan fingerprint density at radius 1 is 1.17 bits per heavy atom. The van der Waals surface area contributed by atoms with Gasteiger partial charge >= 0.3 is 5.97 Å². The van der Waals surface area contributed by atoms with Gasteiger partial charge in [-0.25, -0.2) is 9.37 Å². The van der Waals surface area contributed by atoms with Gasteiger partial charge < -0.3 is 9.26 Å². The number of esters is 1. The number of carbonyl (C=O) groups excluding carboxylic acids is 1. The molecule has 0 saturated carbocycles. The highest BCUT2D eigenvalue weighted by Crippen LogP contribution is 2.25. The molecule has 4 aromatic rings. The molecular formula is C22H18FN3O3S. The Balaban J connectivity index is 1.39. The summed E-state index contributed by atoms with van der Waals surface area (Å²) >= 11 is 1.47. The quantitative estimate of drug-likeness (QED) is 0.399. The molecule has 0 aliphatic carbocycles. The fourth-order valence-corrected chi connectivity index (χ4v) is 3.61. The topological polar surface area (TPSA) is 78.1 Å². The van der Waals surface area contributed by atoms with Gasteiger partial charge in [0.2, 0.25) is 5.82 Å². The molecule has 0 N–H and O–H groups in total. The van der Waals surface area contributed by atoms with Crippen molar-refractivity contribution in [3.05, 3.63) is 76.9 Å². The summed E-state index contributed by atoms with van der Waals surface area (Å²) in [6.07, 6.45) is -0.695. The number of halogens is 1. The van der Waals surface area contributed by atoms with E-state index in [-0.39, 0.29) is 24.0 Å². The molecule has 2 aromatic carbocycles. The van der Waals surface area contributed by atoms with E-state index in [1.807, 2.05) is 35.7 Å². The Hall–Kier alpha value is -3.39. The molecule has 2 heterocycles. The molecule has 0 amide bonds. The number of rotatable bonds is 6. The predicted octanol–water partition coefficient (Wildman–Crippen LogP) is 5.15. The van der Waals surface area contributed by atoms with Gasteiger partial charge in [-0.15, -0.1) is 11.3 Å². The molecule has 8 heteroatoms. The number of carbonyl (C=O) groups is 1. The summed E-state index contributed by atoms with van der Waals surface area (Å²) in [6, 6.07) is 14.4. The third kappa shape index (κ3) is 4.44. The molecule has 152 valence electrons. The number of hydrogen-bond donors (Lipinski definition) is 0. The van der Waals surface area contributed by atoms with Crippen LogP contribution < -0.4 is 0 Å². The summed E-state index contributed by atoms with van der Waals surface area (Å²) < 4.78 is 24.4. The standard InChI is InChI=1S/C22H18FN3O3S/c1-13-8-9-16(10-18(13)23)20-25-21(29-26-20)14(2)28-19(27)11-17-12-30-22(24-17)15-6-4-3-5-7-15/h3-10,12,14H,11H2,1-2H3. The average molecular weight is 423 g/mol. The maximum atomic E-state index is 13.8. The van der Waals surface area contributed by atoms with Crippen LogP contribution in [0.3, 0.4) is 0 Å². The van der Waals surface area contributed by atoms with E-state index in [1.54, 1.807) is 26.0 Å². The lowest BCUT2D eigenvalue weighted by molar-refractivity contribution is -0.149. The lowest BCUT2D eigenvalue weighted by Gasteiger charge is -2.08. The largest absolute Gasteiger partial charge is 0.452 e. The van der Waals surface area contributed by atoms with E-state index in [2.05, 4.69) is 15.1 Å². The molecule has 0 aliphatic rings. The van der Waals surface area contributed by atoms with Gasteiger partial charge in [-0.3, -0.25) is 4.79 Å². The van der Waals surface area contributed by atoms with Crippen LogP contribution in [0.25, 0.3) is 22.0 Å². The van der Waals surface area contributed by atoms with E-state index < -0.39 is 12.1 Å². The number of ether oxygens (including phenoxy) is 1. The van der Waals surface area contributed by atoms with E-state index in [4.69, 9.17) is 9.26 Å². The van der Waals surface area contributed by atoms with Crippen LogP contribution in [0.15, 0.2) is 58.4 Å². The van der Waals surface area contributed by atoms with E-state index in [9.17, 15) is 9.18 Å². The second-order valence-electron chi connectivity index (χ2n) is 6.74. The van der Waals surface area contributed by atoms with Crippen molar-refractivity contribution in [2.24, 2.45) is 0 Å². The fourth-order valence-electron chi connectivity index (χ4n) is 2.79. The third-order valence-corrected chi connectivity index (χ3v) is 5.37. The molecule has 0 spiro atoms. The number of benzene rings is 2. The minimum absolute atomic E-state index is 0.0395. The Labute approximate surface area is 176 Å². The first-order valence-electron chi connectivity index (χ1n) is 9.29. The van der Waals surface area contributed by atoms with Crippen molar-refractivity contribution in [3.8, 4) is 22.0 Å². The van der Waals surface area contributed by atoms with Crippen LogP contribution in [-0.2, 0) is 16.0 Å². The molecule has 1 atom stereocenters. The van der Waals surface area contributed by atoms with Gasteiger partial charge in [0.25, 0.3) is 5.89 Å². The highest BCUT2D eigenvalue weighted by atomic mass is 32.1. The van der Waals surface area contributed by atoms with Crippen molar-refractivity contribution in [3.63, 3.8) is 0 Å². The summed E-state index contributed by atoms with van der Waals surface area (Å²) in [7, 11) is 0. The van der Waals surface area contributed by atoms with Crippen LogP contribution in [-0.4, -0.2) is 21.1 Å². The lowest BCUT2D eigenvalue weighted by Crippen LogP contribution is -2.12. The normalized spacial score (nSPS) is 12.0. The minimum Gasteiger partial charge on any atom is -0.452 e. The molecule has 0 bridgehead atoms. The Morgan fingerprint density at radius 2 is 1.97 bits per heavy atom. The first kappa shape index (κ1) is 19.9. The summed E-state index contributed by atoms with van der Waals surface area (Å²) in [6.45, 7) is 3.31. The third-order valence-electron chi connectivity index (χ3n) is 4.43. The van der Waals surface area contributed by atoms with Crippen molar-refractivity contribution < 1.29 is 18.4 Å². The number of nitrogens with zero attached hydrogens (tertiary/aromatic N) is 3. The van der Waals surface area contributed by atoms with Crippen molar-refractivity contribution in [2.45, 2.75) is 26.4 Å². The van der Waals surface area contributed by atoms with Crippen LogP contribution in [0.2, 0.25) is 0 Å². The molecule has 2 aromatic heterocycles. The summed E-state index contributed by atoms with van der Waals surface area (Å²) in [5, 5.41) is 6.54. The van der Waals surface area contributed by atoms with Crippen LogP contribution in [0.5, 0.6) is 0 Å². The molecular weight excluding hydrogens is 405 g/mol. The molecule has 30 heavy (non-hydrogen) atoms. The van der Waals surface area contributed by atoms with Gasteiger partial charge in [0.15, 0.2) is 6.10 Å². The average Bonchev–Trinajstić information content (AvgIpc) is 3.41. The van der Waals surface area contributed by atoms with Gasteiger partial charge in [0.05, 0.1) is 12.1 Å². The van der Waals surface area contributed by atoms with Crippen LogP contribution >= 0.6 is 11.3 Å². The number of thiazole rings is 1. The number of aryl methyl sites for hydroxylation is 1. The molecule has 6 nitrogen and oxygen atoms in total. The summed E-state index contributed by atoms with van der Waals surface area (Å²) in [5.74, 6) is -0.425. The zero-order chi connectivity index (χ0) is 21.1. The summed E-state index contributed by atoms with van der Waals surface area (Å²) in [4.78, 5) is 21.0. The van der Waals surface area contributed by atoms with Crippen molar-refractivity contribution >= 4 is 17.3 Å². The zero-order valence-electron chi connectivity index (χ0n) is 16.3. The van der Waals surface area contributed by atoms with Gasteiger partial charge in [-0.1, -0.05) is 47.6 Å². The van der Waals surface area contributed by atoms with Crippen molar-refractivity contribution in [1.29, 1.82) is 0 Å². The monoisotopic (exact) mass is 423 g/mol. The van der Waals surface area contributed by atoms with E-state index >= 15 is 0 Å². The first-order chi connectivity index (χ1) is 14.5. The maximum absolute atomic E-state index is 13.8. The minimum atomic E-state index is -0.735. The fraction of sp³-hybridized carbons (Fsp3) is 0.182. The van der Waals surface area contributed by atoms with Gasteiger partial charge in [-0.2, -0.15) is 4.98 Å². The highest BCUT2D eigenvalue weighted by Gasteiger charge is 2.20. The predicted molar refractivity (Wildman–Crippen MR) is 110 cm³/mol. The second kappa shape index (κ2) is 8.54. The Kier molecular flexibility index (Phi) is 5.67. The molecule has 0 aliphatic heterocycles. The maximum Gasteiger partial charge on any atom is 0.312 e. The smallest absolute Gasteiger partial charge is 0.312 e. The number of hydrogen-bond acceptors (Lipinski definition) is 7. The van der Waals surface area contributed by atoms with Crippen molar-refractivity contribution in [2.75, 3.05) is 0 Å². The Bertz CT molecular complexity index is 1170. The van der Waals surface area contributed by atoms with E-state index in [0.717, 1.165) is 10.6 Å². The SMILES string of the molecule is Cc1ccc(-c2noc(C(C)OC(=O)Cc3csc(-c4ccccc4)n3)n2)cc1F. The number of aromatic nitrogens is 3. The molecule has 0 saturated heterocycles. The second-order valence-corrected chi connectivity index (χ2v) is 7.60. The molecule has 1 unspecified atom stereocenters. The molecule has 4 rings (SSSR count). The van der Waals surface area contributed by atoms with E-state index in [1.165, 1.54) is 17.4 Å². The van der Waals surface area contributed by atoms with Crippen LogP contribution in [0.1, 0.15) is 30.2 Å². The summed E-state index contributed by atoms with van der Waals surface area (Å²) in [5.41, 5.74) is 2.66.